The van der Waals surface area contributed by atoms with Gasteiger partial charge in [-0.3, -0.25) is 15.2 Å². The minimum atomic E-state index is -4.48. The fourth-order valence-corrected chi connectivity index (χ4v) is 5.16. The van der Waals surface area contributed by atoms with Gasteiger partial charge in [-0.2, -0.15) is 18.2 Å². The number of halogens is 3. The molecule has 2 fully saturated rings. The van der Waals surface area contributed by atoms with Gasteiger partial charge >= 0.3 is 12.2 Å². The van der Waals surface area contributed by atoms with Crippen LogP contribution in [0.1, 0.15) is 25.8 Å². The van der Waals surface area contributed by atoms with E-state index in [4.69, 9.17) is 14.2 Å². The fourth-order valence-electron chi connectivity index (χ4n) is 5.16. The number of nitrogens with one attached hydrogen (secondary N) is 1. The number of urea groups is 1. The maximum atomic E-state index is 13.6. The smallest absolute Gasteiger partial charge is 0.416 e. The summed E-state index contributed by atoms with van der Waals surface area (Å²) < 4.78 is 56.9. The Morgan fingerprint density at radius 3 is 2.83 bits per heavy atom. The lowest BCUT2D eigenvalue weighted by Crippen LogP contribution is -2.48. The first-order valence-corrected chi connectivity index (χ1v) is 12.9. The van der Waals surface area contributed by atoms with Gasteiger partial charge in [-0.15, -0.1) is 0 Å². The number of benzene rings is 1. The molecule has 6 rings (SSSR count). The number of amides is 2. The Bertz CT molecular complexity index is 1440. The molecular weight excluding hydrogens is 529 g/mol. The van der Waals surface area contributed by atoms with Crippen molar-refractivity contribution >= 4 is 23.4 Å². The summed E-state index contributed by atoms with van der Waals surface area (Å²) in [5, 5.41) is 2.78. The van der Waals surface area contributed by atoms with Gasteiger partial charge in [0.05, 0.1) is 42.0 Å². The molecule has 10 nitrogen and oxygen atoms in total. The number of ether oxygens (including phenoxy) is 3. The van der Waals surface area contributed by atoms with E-state index in [0.29, 0.717) is 30.2 Å². The molecule has 3 aliphatic heterocycles. The van der Waals surface area contributed by atoms with Crippen LogP contribution in [0.25, 0.3) is 11.3 Å². The Balaban J connectivity index is 1.22. The SMILES string of the molecule is CC1(C)OC[C@@H](COc2cncc(NC(=O)N3c4nc(-c5cccc(C(F)(F)F)c5)ccc4N4CCC3C4)n2)O1. The van der Waals surface area contributed by atoms with Crippen molar-refractivity contribution < 1.29 is 32.2 Å². The van der Waals surface area contributed by atoms with Crippen molar-refractivity contribution in [2.45, 2.75) is 44.4 Å². The van der Waals surface area contributed by atoms with Gasteiger partial charge in [0, 0.05) is 18.7 Å². The zero-order valence-electron chi connectivity index (χ0n) is 21.8. The Morgan fingerprint density at radius 2 is 2.05 bits per heavy atom. The molecule has 5 heterocycles. The highest BCUT2D eigenvalue weighted by atomic mass is 19.4. The average Bonchev–Trinajstić information content (AvgIpc) is 3.50. The maximum absolute atomic E-state index is 13.6. The van der Waals surface area contributed by atoms with E-state index in [1.54, 1.807) is 23.1 Å². The highest BCUT2D eigenvalue weighted by Gasteiger charge is 2.41. The number of alkyl halides is 3. The third-order valence-electron chi connectivity index (χ3n) is 6.99. The second-order valence-corrected chi connectivity index (χ2v) is 10.3. The van der Waals surface area contributed by atoms with E-state index < -0.39 is 23.6 Å². The van der Waals surface area contributed by atoms with Crippen LogP contribution < -0.4 is 19.9 Å². The van der Waals surface area contributed by atoms with E-state index in [2.05, 4.69) is 25.2 Å². The topological polar surface area (TPSA) is 102 Å². The number of rotatable bonds is 5. The molecule has 40 heavy (non-hydrogen) atoms. The first-order chi connectivity index (χ1) is 19.1. The highest BCUT2D eigenvalue weighted by Crippen LogP contribution is 2.41. The lowest BCUT2D eigenvalue weighted by Gasteiger charge is -2.35. The van der Waals surface area contributed by atoms with Gasteiger partial charge in [-0.05, 0) is 44.5 Å². The Hall–Kier alpha value is -3.97. The standard InChI is InChI=1S/C27H27F3N6O4/c1-26(2)39-15-19(40-26)14-38-23-12-31-11-22(33-23)34-25(37)36-18-8-9-35(13-18)21-7-6-20(32-24(21)36)16-4-3-5-17(10-16)27(28,29)30/h3-7,10-12,18-19H,8-9,13-15H2,1-2H3,(H,33,34,37)/t18?,19-/m1/s1. The molecule has 1 N–H and O–H groups in total. The van der Waals surface area contributed by atoms with Crippen molar-refractivity contribution in [2.24, 2.45) is 0 Å². The number of hydrogen-bond donors (Lipinski definition) is 1. The van der Waals surface area contributed by atoms with Crippen molar-refractivity contribution in [1.82, 2.24) is 15.0 Å². The van der Waals surface area contributed by atoms with E-state index in [1.807, 2.05) is 13.8 Å². The minimum absolute atomic E-state index is 0.160. The van der Waals surface area contributed by atoms with E-state index in [1.165, 1.54) is 18.5 Å². The van der Waals surface area contributed by atoms with Gasteiger partial charge in [0.15, 0.2) is 17.4 Å². The van der Waals surface area contributed by atoms with Crippen LogP contribution in [0, 0.1) is 0 Å². The fraction of sp³-hybridized carbons (Fsp3) is 0.407. The molecule has 2 bridgehead atoms. The number of carbonyl (C=O) groups excluding carboxylic acids is 1. The van der Waals surface area contributed by atoms with Gasteiger partial charge in [0.1, 0.15) is 12.7 Å². The minimum Gasteiger partial charge on any atom is -0.474 e. The molecule has 3 aromatic rings. The first-order valence-electron chi connectivity index (χ1n) is 12.9. The number of aromatic nitrogens is 3. The Kier molecular flexibility index (Phi) is 6.50. The van der Waals surface area contributed by atoms with Crippen LogP contribution in [0.5, 0.6) is 5.88 Å². The second-order valence-electron chi connectivity index (χ2n) is 10.3. The summed E-state index contributed by atoms with van der Waals surface area (Å²) in [5.41, 5.74) is 0.618. The van der Waals surface area contributed by atoms with E-state index >= 15 is 0 Å². The summed E-state index contributed by atoms with van der Waals surface area (Å²) in [5.74, 6) is 0.0950. The van der Waals surface area contributed by atoms with Crippen LogP contribution in [-0.2, 0) is 15.7 Å². The summed E-state index contributed by atoms with van der Waals surface area (Å²) in [7, 11) is 0. The van der Waals surface area contributed by atoms with E-state index in [9.17, 15) is 18.0 Å². The number of anilines is 3. The number of pyridine rings is 1. The quantitative estimate of drug-likeness (QED) is 0.482. The van der Waals surface area contributed by atoms with E-state index in [0.717, 1.165) is 30.8 Å². The largest absolute Gasteiger partial charge is 0.474 e. The summed E-state index contributed by atoms with van der Waals surface area (Å²) in [6.45, 7) is 5.60. The monoisotopic (exact) mass is 556 g/mol. The van der Waals surface area contributed by atoms with Crippen molar-refractivity contribution in [2.75, 3.05) is 41.4 Å². The predicted molar refractivity (Wildman–Crippen MR) is 139 cm³/mol. The van der Waals surface area contributed by atoms with Crippen molar-refractivity contribution in [3.63, 3.8) is 0 Å². The Labute approximate surface area is 228 Å². The summed E-state index contributed by atoms with van der Waals surface area (Å²) in [4.78, 5) is 30.4. The maximum Gasteiger partial charge on any atom is 0.416 e. The third-order valence-corrected chi connectivity index (χ3v) is 6.99. The molecule has 3 aliphatic rings. The lowest BCUT2D eigenvalue weighted by molar-refractivity contribution is -0.141. The molecule has 210 valence electrons. The molecule has 0 spiro atoms. The molecule has 0 saturated carbocycles. The van der Waals surface area contributed by atoms with Gasteiger partial charge < -0.3 is 19.1 Å². The molecule has 1 aromatic carbocycles. The molecular formula is C27H27F3N6O4. The molecule has 0 radical (unpaired) electrons. The molecule has 2 aromatic heterocycles. The molecule has 1 unspecified atom stereocenters. The molecule has 0 aliphatic carbocycles. The second kappa shape index (κ2) is 9.89. The molecule has 13 heteroatoms. The molecule has 2 atom stereocenters. The predicted octanol–water partition coefficient (Wildman–Crippen LogP) is 4.72. The number of nitrogens with zero attached hydrogens (tertiary/aromatic N) is 5. The van der Waals surface area contributed by atoms with Crippen molar-refractivity contribution in [1.29, 1.82) is 0 Å². The molecule has 2 amide bonds. The van der Waals surface area contributed by atoms with Crippen molar-refractivity contribution in [3.8, 4) is 17.1 Å². The average molecular weight is 557 g/mol. The number of fused-ring (bicyclic) bond motifs is 4. The van der Waals surface area contributed by atoms with Crippen LogP contribution in [0.4, 0.5) is 35.3 Å². The number of hydrogen-bond acceptors (Lipinski definition) is 8. The van der Waals surface area contributed by atoms with Crippen LogP contribution in [-0.4, -0.2) is 65.2 Å². The third kappa shape index (κ3) is 5.26. The van der Waals surface area contributed by atoms with Gasteiger partial charge in [0.25, 0.3) is 0 Å². The Morgan fingerprint density at radius 1 is 1.20 bits per heavy atom. The van der Waals surface area contributed by atoms with Gasteiger partial charge in [-0.1, -0.05) is 12.1 Å². The normalized spacial score (nSPS) is 21.3. The lowest BCUT2D eigenvalue weighted by atomic mass is 10.1. The summed E-state index contributed by atoms with van der Waals surface area (Å²) in [6, 6.07) is 7.83. The van der Waals surface area contributed by atoms with Crippen LogP contribution in [0.3, 0.4) is 0 Å². The van der Waals surface area contributed by atoms with Gasteiger partial charge in [0.2, 0.25) is 5.88 Å². The zero-order chi connectivity index (χ0) is 28.1. The first kappa shape index (κ1) is 26.3. The molecule has 2 saturated heterocycles. The summed E-state index contributed by atoms with van der Waals surface area (Å²) >= 11 is 0. The zero-order valence-corrected chi connectivity index (χ0v) is 21.8. The van der Waals surface area contributed by atoms with Crippen LogP contribution in [0.15, 0.2) is 48.8 Å². The van der Waals surface area contributed by atoms with E-state index in [-0.39, 0.29) is 30.5 Å². The summed E-state index contributed by atoms with van der Waals surface area (Å²) in [6.07, 6.45) is -1.18. The van der Waals surface area contributed by atoms with Gasteiger partial charge in [-0.25, -0.2) is 9.78 Å². The van der Waals surface area contributed by atoms with Crippen LogP contribution >= 0.6 is 0 Å². The number of carbonyl (C=O) groups is 1. The highest BCUT2D eigenvalue weighted by molar-refractivity contribution is 6.04. The van der Waals surface area contributed by atoms with Crippen molar-refractivity contribution in [3.05, 3.63) is 54.4 Å². The van der Waals surface area contributed by atoms with Crippen LogP contribution in [0.2, 0.25) is 0 Å².